The quantitative estimate of drug-likeness (QED) is 0.494. The average molecular weight is 515 g/mol. The number of hydrogen-bond donors (Lipinski definition) is 1. The van der Waals surface area contributed by atoms with Gasteiger partial charge >= 0.3 is 0 Å². The summed E-state index contributed by atoms with van der Waals surface area (Å²) < 4.78 is 5.40. The molecule has 4 aliphatic rings. The SMILES string of the molecule is C[C@]12CC[C@@H]3c4ccc(NCc5ccccc5)cc4CC[C@H]3[C@@H]1[C@@H](CCCC(=O)N1CCOCC1)CC2=O. The molecule has 0 spiro atoms. The van der Waals surface area contributed by atoms with Gasteiger partial charge in [-0.25, -0.2) is 0 Å². The van der Waals surface area contributed by atoms with Crippen LogP contribution in [0, 0.1) is 23.2 Å². The van der Waals surface area contributed by atoms with E-state index in [0.717, 1.165) is 38.6 Å². The number of hydrogen-bond acceptors (Lipinski definition) is 4. The Morgan fingerprint density at radius 1 is 1.11 bits per heavy atom. The molecule has 1 aliphatic heterocycles. The van der Waals surface area contributed by atoms with Crippen molar-refractivity contribution in [3.63, 3.8) is 0 Å². The summed E-state index contributed by atoms with van der Waals surface area (Å²) in [5.41, 5.74) is 5.33. The van der Waals surface area contributed by atoms with Gasteiger partial charge in [0, 0.05) is 43.6 Å². The fourth-order valence-electron chi connectivity index (χ4n) is 8.30. The number of morpholine rings is 1. The van der Waals surface area contributed by atoms with Gasteiger partial charge in [0.2, 0.25) is 5.91 Å². The number of fused-ring (bicyclic) bond motifs is 5. The highest BCUT2D eigenvalue weighted by molar-refractivity contribution is 5.87. The van der Waals surface area contributed by atoms with E-state index in [1.165, 1.54) is 28.8 Å². The molecule has 0 bridgehead atoms. The Labute approximate surface area is 227 Å². The lowest BCUT2D eigenvalue weighted by Gasteiger charge is -2.50. The highest BCUT2D eigenvalue weighted by Crippen LogP contribution is 2.62. The van der Waals surface area contributed by atoms with Crippen molar-refractivity contribution in [1.82, 2.24) is 4.90 Å². The van der Waals surface area contributed by atoms with E-state index in [0.29, 0.717) is 68.6 Å². The van der Waals surface area contributed by atoms with E-state index in [9.17, 15) is 9.59 Å². The molecule has 1 N–H and O–H groups in total. The van der Waals surface area contributed by atoms with Crippen molar-refractivity contribution in [1.29, 1.82) is 0 Å². The average Bonchev–Trinajstić information content (AvgIpc) is 3.22. The Hall–Kier alpha value is -2.66. The first-order valence-electron chi connectivity index (χ1n) is 14.8. The number of anilines is 1. The molecule has 5 heteroatoms. The number of ketones is 1. The molecule has 0 radical (unpaired) electrons. The van der Waals surface area contributed by atoms with Crippen LogP contribution in [0.15, 0.2) is 48.5 Å². The van der Waals surface area contributed by atoms with Crippen LogP contribution in [0.5, 0.6) is 0 Å². The second-order valence-corrected chi connectivity index (χ2v) is 12.3. The predicted octanol–water partition coefficient (Wildman–Crippen LogP) is 5.98. The summed E-state index contributed by atoms with van der Waals surface area (Å²) >= 11 is 0. The molecule has 2 aromatic carbocycles. The van der Waals surface area contributed by atoms with E-state index in [-0.39, 0.29) is 11.3 Å². The van der Waals surface area contributed by atoms with Gasteiger partial charge in [-0.15, -0.1) is 0 Å². The van der Waals surface area contributed by atoms with Crippen LogP contribution in [-0.4, -0.2) is 42.9 Å². The lowest BCUT2D eigenvalue weighted by atomic mass is 9.54. The minimum atomic E-state index is -0.172. The van der Waals surface area contributed by atoms with Crippen molar-refractivity contribution in [2.24, 2.45) is 23.2 Å². The Bertz CT molecular complexity index is 1160. The first-order chi connectivity index (χ1) is 18.5. The molecule has 1 saturated heterocycles. The fourth-order valence-corrected chi connectivity index (χ4v) is 8.30. The highest BCUT2D eigenvalue weighted by Gasteiger charge is 2.58. The molecule has 202 valence electrons. The minimum absolute atomic E-state index is 0.172. The molecular formula is C33H42N2O3. The first-order valence-corrected chi connectivity index (χ1v) is 14.8. The number of nitrogens with one attached hydrogen (secondary N) is 1. The Morgan fingerprint density at radius 2 is 1.92 bits per heavy atom. The molecule has 0 unspecified atom stereocenters. The van der Waals surface area contributed by atoms with E-state index in [4.69, 9.17) is 4.74 Å². The topological polar surface area (TPSA) is 58.6 Å². The summed E-state index contributed by atoms with van der Waals surface area (Å²) in [5, 5.41) is 3.61. The maximum atomic E-state index is 13.3. The van der Waals surface area contributed by atoms with E-state index < -0.39 is 0 Å². The van der Waals surface area contributed by atoms with Gasteiger partial charge in [-0.3, -0.25) is 9.59 Å². The molecule has 0 aromatic heterocycles. The Kier molecular flexibility index (Phi) is 7.31. The van der Waals surface area contributed by atoms with E-state index >= 15 is 0 Å². The summed E-state index contributed by atoms with van der Waals surface area (Å²) in [6, 6.07) is 17.5. The number of benzene rings is 2. The molecule has 6 rings (SSSR count). The number of ether oxygens (including phenoxy) is 1. The summed E-state index contributed by atoms with van der Waals surface area (Å²) in [7, 11) is 0. The molecule has 3 fully saturated rings. The van der Waals surface area contributed by atoms with Crippen molar-refractivity contribution < 1.29 is 14.3 Å². The van der Waals surface area contributed by atoms with Gasteiger partial charge in [0.15, 0.2) is 0 Å². The third-order valence-electron chi connectivity index (χ3n) is 10.2. The predicted molar refractivity (Wildman–Crippen MR) is 150 cm³/mol. The third-order valence-corrected chi connectivity index (χ3v) is 10.2. The summed E-state index contributed by atoms with van der Waals surface area (Å²) in [6.07, 6.45) is 7.61. The Morgan fingerprint density at radius 3 is 2.74 bits per heavy atom. The molecule has 1 heterocycles. The molecule has 5 atom stereocenters. The van der Waals surface area contributed by atoms with Crippen LogP contribution >= 0.6 is 0 Å². The number of carbonyl (C=O) groups is 2. The Balaban J connectivity index is 1.13. The van der Waals surface area contributed by atoms with Crippen LogP contribution in [0.4, 0.5) is 5.69 Å². The maximum absolute atomic E-state index is 13.3. The van der Waals surface area contributed by atoms with Gasteiger partial charge in [-0.2, -0.15) is 0 Å². The lowest BCUT2D eigenvalue weighted by Crippen LogP contribution is -2.44. The standard InChI is InChI=1S/C33H42N2O3/c1-33-15-14-28-27-13-11-26(34-22-23-6-3-2-4-7-23)20-24(27)10-12-29(28)32(33)25(21-30(33)36)8-5-9-31(37)35-16-18-38-19-17-35/h2-4,6-7,11,13,20,25,28-29,32,34H,5,8-10,12,14-19,21-22H2,1H3/t25-,28+,29+,32-,33+/m0/s1. The fraction of sp³-hybridized carbons (Fsp3) is 0.576. The largest absolute Gasteiger partial charge is 0.381 e. The zero-order chi connectivity index (χ0) is 26.1. The highest BCUT2D eigenvalue weighted by atomic mass is 16.5. The van der Waals surface area contributed by atoms with Crippen LogP contribution in [-0.2, 0) is 27.3 Å². The van der Waals surface area contributed by atoms with E-state index in [2.05, 4.69) is 60.8 Å². The van der Waals surface area contributed by atoms with Crippen molar-refractivity contribution in [3.8, 4) is 0 Å². The van der Waals surface area contributed by atoms with E-state index in [1.54, 1.807) is 0 Å². The van der Waals surface area contributed by atoms with Crippen LogP contribution in [0.25, 0.3) is 0 Å². The molecule has 5 nitrogen and oxygen atoms in total. The second kappa shape index (κ2) is 10.8. The van der Waals surface area contributed by atoms with Crippen molar-refractivity contribution in [3.05, 3.63) is 65.2 Å². The maximum Gasteiger partial charge on any atom is 0.222 e. The van der Waals surface area contributed by atoms with Crippen molar-refractivity contribution in [2.75, 3.05) is 31.6 Å². The minimum Gasteiger partial charge on any atom is -0.381 e. The van der Waals surface area contributed by atoms with Gasteiger partial charge in [-0.05, 0) is 91.0 Å². The zero-order valence-electron chi connectivity index (χ0n) is 22.8. The number of rotatable bonds is 7. The summed E-state index contributed by atoms with van der Waals surface area (Å²) in [4.78, 5) is 28.0. The molecule has 3 aliphatic carbocycles. The molecule has 1 amide bonds. The van der Waals surface area contributed by atoms with Crippen LogP contribution in [0.1, 0.15) is 74.5 Å². The van der Waals surface area contributed by atoms with Crippen LogP contribution < -0.4 is 5.32 Å². The number of Topliss-reactive ketones (excluding diaryl/α,β-unsaturated/α-hetero) is 1. The van der Waals surface area contributed by atoms with Gasteiger partial charge in [0.1, 0.15) is 5.78 Å². The van der Waals surface area contributed by atoms with Crippen molar-refractivity contribution in [2.45, 2.75) is 70.8 Å². The zero-order valence-corrected chi connectivity index (χ0v) is 22.8. The monoisotopic (exact) mass is 514 g/mol. The molecule has 2 saturated carbocycles. The second-order valence-electron chi connectivity index (χ2n) is 12.3. The number of nitrogens with zero attached hydrogens (tertiary/aromatic N) is 1. The van der Waals surface area contributed by atoms with Gasteiger partial charge in [0.05, 0.1) is 13.2 Å². The molecule has 38 heavy (non-hydrogen) atoms. The lowest BCUT2D eigenvalue weighted by molar-refractivity contribution is -0.135. The number of amides is 1. The number of aryl methyl sites for hydroxylation is 1. The van der Waals surface area contributed by atoms with Crippen LogP contribution in [0.3, 0.4) is 0 Å². The van der Waals surface area contributed by atoms with Crippen LogP contribution in [0.2, 0.25) is 0 Å². The summed E-state index contributed by atoms with van der Waals surface area (Å²) in [5.74, 6) is 2.75. The normalized spacial score (nSPS) is 30.3. The first kappa shape index (κ1) is 25.6. The summed E-state index contributed by atoms with van der Waals surface area (Å²) in [6.45, 7) is 5.84. The van der Waals surface area contributed by atoms with Gasteiger partial charge in [-0.1, -0.05) is 43.3 Å². The van der Waals surface area contributed by atoms with Gasteiger partial charge < -0.3 is 15.0 Å². The smallest absolute Gasteiger partial charge is 0.222 e. The van der Waals surface area contributed by atoms with Crippen molar-refractivity contribution >= 4 is 17.4 Å². The molecule has 2 aromatic rings. The van der Waals surface area contributed by atoms with Gasteiger partial charge in [0.25, 0.3) is 0 Å². The third kappa shape index (κ3) is 4.90. The van der Waals surface area contributed by atoms with E-state index in [1.807, 2.05) is 4.90 Å². The molecular weight excluding hydrogens is 472 g/mol. The number of carbonyl (C=O) groups excluding carboxylic acids is 2.